The van der Waals surface area contributed by atoms with Crippen molar-refractivity contribution in [1.29, 1.82) is 0 Å². The van der Waals surface area contributed by atoms with Crippen LogP contribution >= 0.6 is 0 Å². The van der Waals surface area contributed by atoms with Gasteiger partial charge in [0.1, 0.15) is 0 Å². The Morgan fingerprint density at radius 1 is 1.00 bits per heavy atom. The van der Waals surface area contributed by atoms with Crippen molar-refractivity contribution in [3.8, 4) is 5.69 Å². The van der Waals surface area contributed by atoms with Crippen molar-refractivity contribution in [2.24, 2.45) is 5.10 Å². The molecular weight excluding hydrogens is 364 g/mol. The van der Waals surface area contributed by atoms with Crippen LogP contribution in [0.2, 0.25) is 0 Å². The zero-order valence-electron chi connectivity index (χ0n) is 17.0. The number of hydrogen-bond acceptors (Lipinski definition) is 3. The van der Waals surface area contributed by atoms with Crippen molar-refractivity contribution in [3.05, 3.63) is 82.7 Å². The van der Waals surface area contributed by atoms with Crippen molar-refractivity contribution in [3.63, 3.8) is 0 Å². The van der Waals surface area contributed by atoms with E-state index in [1.165, 1.54) is 12.5 Å². The minimum atomic E-state index is -0.317. The lowest BCUT2D eigenvalue weighted by atomic mass is 10.2. The highest BCUT2D eigenvalue weighted by Gasteiger charge is 2.10. The lowest BCUT2D eigenvalue weighted by Crippen LogP contribution is -2.17. The van der Waals surface area contributed by atoms with Crippen molar-refractivity contribution < 1.29 is 9.59 Å². The van der Waals surface area contributed by atoms with Crippen LogP contribution in [0.15, 0.2) is 59.7 Å². The molecule has 0 spiro atoms. The molecule has 0 atom stereocenters. The van der Waals surface area contributed by atoms with E-state index in [-0.39, 0.29) is 11.8 Å². The Morgan fingerprint density at radius 2 is 1.72 bits per heavy atom. The number of aryl methyl sites for hydroxylation is 2. The summed E-state index contributed by atoms with van der Waals surface area (Å²) < 4.78 is 2.16. The third-order valence-corrected chi connectivity index (χ3v) is 4.57. The number of nitrogens with zero attached hydrogens (tertiary/aromatic N) is 2. The Bertz CT molecular complexity index is 1080. The number of rotatable bonds is 5. The van der Waals surface area contributed by atoms with Crippen LogP contribution in [0, 0.1) is 20.8 Å². The second-order valence-corrected chi connectivity index (χ2v) is 6.96. The van der Waals surface area contributed by atoms with Crippen molar-refractivity contribution in [2.45, 2.75) is 27.7 Å². The Morgan fingerprint density at radius 3 is 2.38 bits per heavy atom. The Hall–Kier alpha value is -3.67. The zero-order chi connectivity index (χ0) is 21.0. The summed E-state index contributed by atoms with van der Waals surface area (Å²) in [5, 5.41) is 6.77. The van der Waals surface area contributed by atoms with Crippen LogP contribution < -0.4 is 10.7 Å². The maximum absolute atomic E-state index is 12.3. The van der Waals surface area contributed by atoms with E-state index < -0.39 is 0 Å². The molecule has 0 saturated heterocycles. The molecule has 0 unspecified atom stereocenters. The van der Waals surface area contributed by atoms with E-state index in [2.05, 4.69) is 45.5 Å². The van der Waals surface area contributed by atoms with Crippen LogP contribution in [0.5, 0.6) is 0 Å². The number of carbonyl (C=O) groups excluding carboxylic acids is 2. The third kappa shape index (κ3) is 4.79. The van der Waals surface area contributed by atoms with Gasteiger partial charge in [0.2, 0.25) is 5.91 Å². The number of amides is 2. The van der Waals surface area contributed by atoms with Crippen LogP contribution in [0.4, 0.5) is 5.69 Å². The van der Waals surface area contributed by atoms with E-state index in [1.54, 1.807) is 30.5 Å². The van der Waals surface area contributed by atoms with Crippen LogP contribution in [-0.4, -0.2) is 22.6 Å². The smallest absolute Gasteiger partial charge is 0.271 e. The molecule has 2 amide bonds. The van der Waals surface area contributed by atoms with E-state index in [1.807, 2.05) is 26.0 Å². The summed E-state index contributed by atoms with van der Waals surface area (Å²) >= 11 is 0. The average molecular weight is 388 g/mol. The van der Waals surface area contributed by atoms with Crippen LogP contribution in [0.1, 0.15) is 39.8 Å². The van der Waals surface area contributed by atoms with Crippen molar-refractivity contribution in [1.82, 2.24) is 9.99 Å². The van der Waals surface area contributed by atoms with E-state index in [0.717, 1.165) is 22.6 Å². The summed E-state index contributed by atoms with van der Waals surface area (Å²) in [6, 6.07) is 17.0. The van der Waals surface area contributed by atoms with Gasteiger partial charge in [-0.05, 0) is 68.8 Å². The number of hydrogen-bond donors (Lipinski definition) is 2. The summed E-state index contributed by atoms with van der Waals surface area (Å²) in [5.41, 5.74) is 9.02. The molecule has 0 fully saturated rings. The molecule has 29 heavy (non-hydrogen) atoms. The lowest BCUT2D eigenvalue weighted by molar-refractivity contribution is -0.114. The van der Waals surface area contributed by atoms with Gasteiger partial charge in [-0.1, -0.05) is 12.1 Å². The molecule has 0 aliphatic carbocycles. The van der Waals surface area contributed by atoms with Crippen molar-refractivity contribution in [2.75, 3.05) is 5.32 Å². The van der Waals surface area contributed by atoms with Gasteiger partial charge in [0, 0.05) is 40.8 Å². The van der Waals surface area contributed by atoms with Gasteiger partial charge in [-0.25, -0.2) is 5.43 Å². The first-order chi connectivity index (χ1) is 13.8. The molecule has 0 aliphatic rings. The van der Waals surface area contributed by atoms with Gasteiger partial charge in [-0.3, -0.25) is 9.59 Å². The first-order valence-electron chi connectivity index (χ1n) is 9.32. The minimum absolute atomic E-state index is 0.157. The highest BCUT2D eigenvalue weighted by Crippen LogP contribution is 2.20. The molecule has 0 radical (unpaired) electrons. The summed E-state index contributed by atoms with van der Waals surface area (Å²) in [4.78, 5) is 23.3. The number of nitrogens with one attached hydrogen (secondary N) is 2. The normalized spacial score (nSPS) is 10.9. The lowest BCUT2D eigenvalue weighted by Gasteiger charge is -2.10. The first kappa shape index (κ1) is 20.1. The number of carbonyl (C=O) groups is 2. The monoisotopic (exact) mass is 388 g/mol. The summed E-state index contributed by atoms with van der Waals surface area (Å²) in [6.07, 6.45) is 1.65. The zero-order valence-corrected chi connectivity index (χ0v) is 17.0. The van der Waals surface area contributed by atoms with E-state index in [9.17, 15) is 9.59 Å². The number of hydrazone groups is 1. The number of aromatic nitrogens is 1. The third-order valence-electron chi connectivity index (χ3n) is 4.57. The van der Waals surface area contributed by atoms with Crippen molar-refractivity contribution >= 4 is 23.7 Å². The largest absolute Gasteiger partial charge is 0.326 e. The topological polar surface area (TPSA) is 75.5 Å². The molecule has 6 heteroatoms. The van der Waals surface area contributed by atoms with Gasteiger partial charge in [0.25, 0.3) is 5.91 Å². The van der Waals surface area contributed by atoms with Gasteiger partial charge < -0.3 is 9.88 Å². The van der Waals surface area contributed by atoms with Gasteiger partial charge in [-0.2, -0.15) is 5.10 Å². The summed E-state index contributed by atoms with van der Waals surface area (Å²) in [5.74, 6) is -0.474. The Labute approximate surface area is 170 Å². The van der Waals surface area contributed by atoms with Gasteiger partial charge in [0.05, 0.1) is 6.21 Å². The van der Waals surface area contributed by atoms with E-state index >= 15 is 0 Å². The second kappa shape index (κ2) is 8.56. The number of anilines is 1. The molecule has 0 saturated carbocycles. The molecule has 6 nitrogen and oxygen atoms in total. The SMILES string of the molecule is CC(=O)Nc1ccc(C(=O)NN=Cc2cc(C)n(-c3cccc(C)c3)c2C)cc1. The van der Waals surface area contributed by atoms with Crippen LogP contribution in [0.3, 0.4) is 0 Å². The predicted molar refractivity (Wildman–Crippen MR) is 116 cm³/mol. The fraction of sp³-hybridized carbons (Fsp3) is 0.174. The van der Waals surface area contributed by atoms with Gasteiger partial charge in [0.15, 0.2) is 0 Å². The molecule has 3 aromatic rings. The summed E-state index contributed by atoms with van der Waals surface area (Å²) in [7, 11) is 0. The highest BCUT2D eigenvalue weighted by molar-refractivity contribution is 5.96. The maximum atomic E-state index is 12.3. The van der Waals surface area contributed by atoms with Crippen LogP contribution in [0.25, 0.3) is 5.69 Å². The van der Waals surface area contributed by atoms with E-state index in [0.29, 0.717) is 11.3 Å². The maximum Gasteiger partial charge on any atom is 0.271 e. The van der Waals surface area contributed by atoms with E-state index in [4.69, 9.17) is 0 Å². The second-order valence-electron chi connectivity index (χ2n) is 6.96. The fourth-order valence-electron chi connectivity index (χ4n) is 3.22. The van der Waals surface area contributed by atoms with Gasteiger partial charge in [-0.15, -0.1) is 0 Å². The number of benzene rings is 2. The standard InChI is InChI=1S/C23H24N4O2/c1-15-6-5-7-22(12-15)27-16(2)13-20(17(27)3)14-24-26-23(29)19-8-10-21(11-9-19)25-18(4)28/h5-14H,1-4H3,(H,25,28)(H,26,29). The van der Waals surface area contributed by atoms with Crippen LogP contribution in [-0.2, 0) is 4.79 Å². The molecule has 3 rings (SSSR count). The molecule has 2 N–H and O–H groups in total. The molecular formula is C23H24N4O2. The Kier molecular flexibility index (Phi) is 5.93. The molecule has 0 bridgehead atoms. The quantitative estimate of drug-likeness (QED) is 0.509. The highest BCUT2D eigenvalue weighted by atomic mass is 16.2. The summed E-state index contributed by atoms with van der Waals surface area (Å²) in [6.45, 7) is 7.57. The minimum Gasteiger partial charge on any atom is -0.326 e. The fourth-order valence-corrected chi connectivity index (χ4v) is 3.22. The first-order valence-corrected chi connectivity index (χ1v) is 9.32. The molecule has 1 heterocycles. The average Bonchev–Trinajstić information content (AvgIpc) is 2.95. The van der Waals surface area contributed by atoms with Gasteiger partial charge >= 0.3 is 0 Å². The molecule has 0 aliphatic heterocycles. The molecule has 1 aromatic heterocycles. The molecule has 148 valence electrons. The predicted octanol–water partition coefficient (Wildman–Crippen LogP) is 4.12. The Balaban J connectivity index is 1.71. The molecule has 2 aromatic carbocycles.